The number of rotatable bonds is 1. The molecule has 2 nitrogen and oxygen atoms in total. The molecule has 76 valence electrons. The highest BCUT2D eigenvalue weighted by Gasteiger charge is 2.09. The Kier molecular flexibility index (Phi) is 3.76. The number of hydrogen-bond donors (Lipinski definition) is 1. The van der Waals surface area contributed by atoms with Crippen LogP contribution >= 0.6 is 0 Å². The smallest absolute Gasteiger partial charge is 0.0464 e. The fourth-order valence-electron chi connectivity index (χ4n) is 1.50. The molecule has 0 aliphatic heterocycles. The van der Waals surface area contributed by atoms with E-state index in [1.807, 2.05) is 0 Å². The summed E-state index contributed by atoms with van der Waals surface area (Å²) < 4.78 is 0. The van der Waals surface area contributed by atoms with Gasteiger partial charge in [0.15, 0.2) is 0 Å². The van der Waals surface area contributed by atoms with E-state index in [9.17, 15) is 0 Å². The highest BCUT2D eigenvalue weighted by molar-refractivity contribution is 5.84. The molecule has 0 saturated heterocycles. The van der Waals surface area contributed by atoms with Gasteiger partial charge in [-0.2, -0.15) is 5.10 Å². The molecule has 1 aliphatic rings. The third-order valence-corrected chi connectivity index (χ3v) is 2.23. The number of hydrazone groups is 1. The van der Waals surface area contributed by atoms with Gasteiger partial charge in [-0.25, -0.2) is 0 Å². The molecule has 2 heteroatoms. The van der Waals surface area contributed by atoms with Crippen LogP contribution in [-0.4, -0.2) is 11.3 Å². The molecule has 1 fully saturated rings. The number of hydrogen-bond acceptors (Lipinski definition) is 2. The lowest BCUT2D eigenvalue weighted by Crippen LogP contribution is -2.32. The van der Waals surface area contributed by atoms with Crippen molar-refractivity contribution in [1.29, 1.82) is 0 Å². The van der Waals surface area contributed by atoms with E-state index in [-0.39, 0.29) is 5.54 Å². The van der Waals surface area contributed by atoms with Crippen LogP contribution in [0.25, 0.3) is 0 Å². The Labute approximate surface area is 81.8 Å². The van der Waals surface area contributed by atoms with Gasteiger partial charge in [-0.15, -0.1) is 0 Å². The van der Waals surface area contributed by atoms with Crippen LogP contribution in [0.2, 0.25) is 0 Å². The summed E-state index contributed by atoms with van der Waals surface area (Å²) in [7, 11) is 0. The third kappa shape index (κ3) is 4.91. The first-order chi connectivity index (χ1) is 6.08. The van der Waals surface area contributed by atoms with Gasteiger partial charge < -0.3 is 5.43 Å². The van der Waals surface area contributed by atoms with Crippen LogP contribution < -0.4 is 5.43 Å². The van der Waals surface area contributed by atoms with Gasteiger partial charge in [-0.05, 0) is 46.5 Å². The molecule has 0 aromatic rings. The van der Waals surface area contributed by atoms with E-state index >= 15 is 0 Å². The normalized spacial score (nSPS) is 19.5. The Morgan fingerprint density at radius 3 is 2.00 bits per heavy atom. The second kappa shape index (κ2) is 4.64. The van der Waals surface area contributed by atoms with E-state index in [1.165, 1.54) is 44.2 Å². The van der Waals surface area contributed by atoms with Crippen molar-refractivity contribution in [2.45, 2.75) is 64.8 Å². The molecule has 0 bridgehead atoms. The summed E-state index contributed by atoms with van der Waals surface area (Å²) in [5.74, 6) is 0. The zero-order valence-corrected chi connectivity index (χ0v) is 9.19. The van der Waals surface area contributed by atoms with Crippen molar-refractivity contribution < 1.29 is 0 Å². The molecule has 0 amide bonds. The molecule has 0 aromatic carbocycles. The fourth-order valence-corrected chi connectivity index (χ4v) is 1.50. The topological polar surface area (TPSA) is 24.4 Å². The van der Waals surface area contributed by atoms with Gasteiger partial charge in [0.1, 0.15) is 0 Å². The average molecular weight is 182 g/mol. The first-order valence-corrected chi connectivity index (χ1v) is 5.40. The summed E-state index contributed by atoms with van der Waals surface area (Å²) in [6.07, 6.45) is 7.81. The van der Waals surface area contributed by atoms with Crippen molar-refractivity contribution in [2.24, 2.45) is 5.10 Å². The summed E-state index contributed by atoms with van der Waals surface area (Å²) >= 11 is 0. The van der Waals surface area contributed by atoms with Gasteiger partial charge in [0.25, 0.3) is 0 Å². The minimum Gasteiger partial charge on any atom is -0.305 e. The Bertz CT molecular complexity index is 167. The predicted octanol–water partition coefficient (Wildman–Crippen LogP) is 3.08. The second-order valence-electron chi connectivity index (χ2n) is 4.95. The van der Waals surface area contributed by atoms with Gasteiger partial charge in [0, 0.05) is 11.3 Å². The van der Waals surface area contributed by atoms with E-state index < -0.39 is 0 Å². The molecule has 13 heavy (non-hydrogen) atoms. The standard InChI is InChI=1S/C11H22N2/c1-11(2,3)13-12-10-8-6-4-5-7-9-10/h13H,4-9H2,1-3H3. The van der Waals surface area contributed by atoms with E-state index in [0.717, 1.165) is 0 Å². The Hall–Kier alpha value is -0.530. The van der Waals surface area contributed by atoms with Crippen LogP contribution in [-0.2, 0) is 0 Å². The van der Waals surface area contributed by atoms with E-state index in [4.69, 9.17) is 0 Å². The van der Waals surface area contributed by atoms with Gasteiger partial charge in [-0.1, -0.05) is 12.8 Å². The lowest BCUT2D eigenvalue weighted by molar-refractivity contribution is 0.439. The van der Waals surface area contributed by atoms with Crippen LogP contribution in [0.4, 0.5) is 0 Å². The van der Waals surface area contributed by atoms with Crippen molar-refractivity contribution in [3.8, 4) is 0 Å². The van der Waals surface area contributed by atoms with Crippen molar-refractivity contribution in [3.63, 3.8) is 0 Å². The molecule has 1 aliphatic carbocycles. The molecule has 0 spiro atoms. The molecule has 1 saturated carbocycles. The van der Waals surface area contributed by atoms with Crippen molar-refractivity contribution >= 4 is 5.71 Å². The minimum absolute atomic E-state index is 0.110. The highest BCUT2D eigenvalue weighted by Crippen LogP contribution is 2.14. The monoisotopic (exact) mass is 182 g/mol. The SMILES string of the molecule is CC(C)(C)NN=C1CCCCCC1. The highest BCUT2D eigenvalue weighted by atomic mass is 15.3. The maximum Gasteiger partial charge on any atom is 0.0464 e. The van der Waals surface area contributed by atoms with E-state index in [0.29, 0.717) is 0 Å². The van der Waals surface area contributed by atoms with Crippen molar-refractivity contribution in [3.05, 3.63) is 0 Å². The largest absolute Gasteiger partial charge is 0.305 e. The first kappa shape index (κ1) is 10.6. The van der Waals surface area contributed by atoms with Crippen LogP contribution in [0.3, 0.4) is 0 Å². The quantitative estimate of drug-likeness (QED) is 0.489. The van der Waals surface area contributed by atoms with Gasteiger partial charge >= 0.3 is 0 Å². The maximum atomic E-state index is 4.48. The summed E-state index contributed by atoms with van der Waals surface area (Å²) in [6.45, 7) is 6.44. The molecule has 0 atom stereocenters. The maximum absolute atomic E-state index is 4.48. The van der Waals surface area contributed by atoms with Crippen molar-refractivity contribution in [2.75, 3.05) is 0 Å². The molecule has 0 aromatic heterocycles. The molecular formula is C11H22N2. The van der Waals surface area contributed by atoms with Gasteiger partial charge in [-0.3, -0.25) is 0 Å². The summed E-state index contributed by atoms with van der Waals surface area (Å²) in [5, 5.41) is 4.48. The van der Waals surface area contributed by atoms with Crippen LogP contribution in [0, 0.1) is 0 Å². The molecule has 0 unspecified atom stereocenters. The van der Waals surface area contributed by atoms with Crippen LogP contribution in [0.1, 0.15) is 59.3 Å². The Morgan fingerprint density at radius 2 is 1.54 bits per heavy atom. The van der Waals surface area contributed by atoms with E-state index in [2.05, 4.69) is 31.3 Å². The first-order valence-electron chi connectivity index (χ1n) is 5.40. The fraction of sp³-hybridized carbons (Fsp3) is 0.909. The lowest BCUT2D eigenvalue weighted by Gasteiger charge is -2.18. The summed E-state index contributed by atoms with van der Waals surface area (Å²) in [5.41, 5.74) is 4.69. The predicted molar refractivity (Wildman–Crippen MR) is 58.0 cm³/mol. The Morgan fingerprint density at radius 1 is 1.00 bits per heavy atom. The molecule has 1 N–H and O–H groups in total. The third-order valence-electron chi connectivity index (χ3n) is 2.23. The minimum atomic E-state index is 0.110. The van der Waals surface area contributed by atoms with Gasteiger partial charge in [0.05, 0.1) is 0 Å². The van der Waals surface area contributed by atoms with Gasteiger partial charge in [0.2, 0.25) is 0 Å². The van der Waals surface area contributed by atoms with Crippen LogP contribution in [0.15, 0.2) is 5.10 Å². The lowest BCUT2D eigenvalue weighted by atomic mass is 10.1. The summed E-state index contributed by atoms with van der Waals surface area (Å²) in [6, 6.07) is 0. The zero-order chi connectivity index (χ0) is 9.73. The average Bonchev–Trinajstić information content (AvgIpc) is 2.26. The molecular weight excluding hydrogens is 160 g/mol. The zero-order valence-electron chi connectivity index (χ0n) is 9.19. The van der Waals surface area contributed by atoms with Crippen molar-refractivity contribution in [1.82, 2.24) is 5.43 Å². The van der Waals surface area contributed by atoms with Crippen LogP contribution in [0.5, 0.6) is 0 Å². The summed E-state index contributed by atoms with van der Waals surface area (Å²) in [4.78, 5) is 0. The number of nitrogens with one attached hydrogen (secondary N) is 1. The van der Waals surface area contributed by atoms with E-state index in [1.54, 1.807) is 0 Å². The number of nitrogens with zero attached hydrogens (tertiary/aromatic N) is 1. The molecule has 0 radical (unpaired) electrons. The Balaban J connectivity index is 2.39. The molecule has 1 rings (SSSR count). The molecule has 0 heterocycles. The second-order valence-corrected chi connectivity index (χ2v) is 4.95.